The van der Waals surface area contributed by atoms with Crippen molar-refractivity contribution in [3.8, 4) is 0 Å². The largest absolute Gasteiger partial charge is 0.479 e. The van der Waals surface area contributed by atoms with Crippen molar-refractivity contribution in [1.29, 1.82) is 0 Å². The summed E-state index contributed by atoms with van der Waals surface area (Å²) < 4.78 is 36.5. The van der Waals surface area contributed by atoms with Crippen molar-refractivity contribution >= 4 is 16.0 Å². The zero-order valence-corrected chi connectivity index (χ0v) is 11.5. The first-order chi connectivity index (χ1) is 9.43. The van der Waals surface area contributed by atoms with E-state index in [9.17, 15) is 13.2 Å². The molecule has 1 saturated heterocycles. The zero-order valence-electron chi connectivity index (χ0n) is 10.7. The molecule has 1 N–H and O–H groups in total. The second-order valence-corrected chi connectivity index (χ2v) is 7.18. The van der Waals surface area contributed by atoms with Gasteiger partial charge in [-0.15, -0.1) is 0 Å². The van der Waals surface area contributed by atoms with Crippen molar-refractivity contribution in [3.05, 3.63) is 18.6 Å². The number of hydrogen-bond donors (Lipinski definition) is 1. The van der Waals surface area contributed by atoms with Gasteiger partial charge in [0.05, 0.1) is 18.4 Å². The van der Waals surface area contributed by atoms with E-state index < -0.39 is 27.7 Å². The molecule has 2 fully saturated rings. The lowest BCUT2D eigenvalue weighted by atomic mass is 9.79. The van der Waals surface area contributed by atoms with Gasteiger partial charge in [-0.2, -0.15) is 4.31 Å². The predicted octanol–water partition coefficient (Wildman–Crippen LogP) is 0.676. The number of carboxylic acids is 1. The molecule has 1 aromatic heterocycles. The maximum Gasteiger partial charge on any atom is 0.334 e. The summed E-state index contributed by atoms with van der Waals surface area (Å²) >= 11 is 0. The van der Waals surface area contributed by atoms with Crippen molar-refractivity contribution in [3.63, 3.8) is 0 Å². The minimum atomic E-state index is -3.74. The van der Waals surface area contributed by atoms with Gasteiger partial charge in [-0.3, -0.25) is 0 Å². The van der Waals surface area contributed by atoms with E-state index in [4.69, 9.17) is 14.3 Å². The average molecular weight is 301 g/mol. The topological polar surface area (TPSA) is 97.1 Å². The Bertz CT molecular complexity index is 604. The maximum absolute atomic E-state index is 12.5. The van der Waals surface area contributed by atoms with E-state index in [0.717, 1.165) is 12.7 Å². The molecule has 1 aliphatic carbocycles. The monoisotopic (exact) mass is 301 g/mol. The van der Waals surface area contributed by atoms with Crippen molar-refractivity contribution in [2.24, 2.45) is 0 Å². The molecule has 1 aromatic rings. The normalized spacial score (nSPS) is 26.3. The summed E-state index contributed by atoms with van der Waals surface area (Å²) in [5.74, 6) is -1.14. The van der Waals surface area contributed by atoms with Gasteiger partial charge in [0.1, 0.15) is 11.2 Å². The second-order valence-electron chi connectivity index (χ2n) is 5.24. The van der Waals surface area contributed by atoms with Crippen LogP contribution in [0.5, 0.6) is 0 Å². The molecule has 0 amide bonds. The number of morpholine rings is 1. The SMILES string of the molecule is O=C(O)C1CN(S(=O)(=O)c2ccoc2)CC2(CCC2)O1. The van der Waals surface area contributed by atoms with Gasteiger partial charge in [-0.05, 0) is 25.3 Å². The highest BCUT2D eigenvalue weighted by Crippen LogP contribution is 2.41. The highest BCUT2D eigenvalue weighted by Gasteiger charge is 2.50. The van der Waals surface area contributed by atoms with Gasteiger partial charge in [0.2, 0.25) is 10.0 Å². The van der Waals surface area contributed by atoms with Crippen LogP contribution in [0.15, 0.2) is 27.9 Å². The molecule has 1 atom stereocenters. The van der Waals surface area contributed by atoms with Gasteiger partial charge >= 0.3 is 5.97 Å². The summed E-state index contributed by atoms with van der Waals surface area (Å²) in [5.41, 5.74) is -0.641. The lowest BCUT2D eigenvalue weighted by Crippen LogP contribution is -2.61. The Labute approximate surface area is 116 Å². The van der Waals surface area contributed by atoms with Crippen LogP contribution in [0.1, 0.15) is 19.3 Å². The van der Waals surface area contributed by atoms with Gasteiger partial charge in [0.15, 0.2) is 6.10 Å². The summed E-state index contributed by atoms with van der Waals surface area (Å²) in [6, 6.07) is 1.36. The van der Waals surface area contributed by atoms with Crippen LogP contribution in [0.25, 0.3) is 0 Å². The van der Waals surface area contributed by atoms with Crippen molar-refractivity contribution < 1.29 is 27.5 Å². The summed E-state index contributed by atoms with van der Waals surface area (Å²) in [7, 11) is -3.74. The van der Waals surface area contributed by atoms with E-state index in [1.54, 1.807) is 0 Å². The minimum Gasteiger partial charge on any atom is -0.479 e. The lowest BCUT2D eigenvalue weighted by Gasteiger charge is -2.49. The van der Waals surface area contributed by atoms with Crippen molar-refractivity contribution in [2.45, 2.75) is 35.9 Å². The second kappa shape index (κ2) is 4.57. The molecule has 3 rings (SSSR count). The fourth-order valence-electron chi connectivity index (χ4n) is 2.65. The van der Waals surface area contributed by atoms with E-state index in [0.29, 0.717) is 12.8 Å². The molecule has 20 heavy (non-hydrogen) atoms. The highest BCUT2D eigenvalue weighted by atomic mass is 32.2. The third kappa shape index (κ3) is 2.13. The van der Waals surface area contributed by atoms with Gasteiger partial charge in [0, 0.05) is 6.54 Å². The number of ether oxygens (including phenoxy) is 1. The van der Waals surface area contributed by atoms with Crippen LogP contribution < -0.4 is 0 Å². The molecule has 1 unspecified atom stereocenters. The van der Waals surface area contributed by atoms with Crippen molar-refractivity contribution in [2.75, 3.05) is 13.1 Å². The molecule has 1 aliphatic heterocycles. The van der Waals surface area contributed by atoms with Crippen molar-refractivity contribution in [1.82, 2.24) is 4.31 Å². The predicted molar refractivity (Wildman–Crippen MR) is 66.6 cm³/mol. The van der Waals surface area contributed by atoms with Crippen LogP contribution >= 0.6 is 0 Å². The number of hydrogen-bond acceptors (Lipinski definition) is 5. The molecule has 1 spiro atoms. The molecule has 8 heteroatoms. The molecule has 0 bridgehead atoms. The van der Waals surface area contributed by atoms with E-state index in [2.05, 4.69) is 0 Å². The smallest absolute Gasteiger partial charge is 0.334 e. The Kier molecular flexibility index (Phi) is 3.11. The van der Waals surface area contributed by atoms with Crippen LogP contribution in [-0.4, -0.2) is 48.6 Å². The number of carbonyl (C=O) groups is 1. The average Bonchev–Trinajstić information content (AvgIpc) is 2.90. The Morgan fingerprint density at radius 1 is 1.45 bits per heavy atom. The van der Waals surface area contributed by atoms with Crippen LogP contribution in [0.4, 0.5) is 0 Å². The van der Waals surface area contributed by atoms with Crippen LogP contribution in [-0.2, 0) is 19.6 Å². The third-order valence-electron chi connectivity index (χ3n) is 3.90. The number of carboxylic acid groups (broad SMARTS) is 1. The molecular formula is C12H15NO6S. The van der Waals surface area contributed by atoms with Crippen LogP contribution in [0.3, 0.4) is 0 Å². The molecule has 1 saturated carbocycles. The molecule has 2 heterocycles. The lowest BCUT2D eigenvalue weighted by molar-refractivity contribution is -0.195. The Hall–Kier alpha value is -1.38. The number of rotatable bonds is 3. The van der Waals surface area contributed by atoms with Gasteiger partial charge < -0.3 is 14.3 Å². The van der Waals surface area contributed by atoms with Gasteiger partial charge in [-0.25, -0.2) is 13.2 Å². The fraction of sp³-hybridized carbons (Fsp3) is 0.583. The Morgan fingerprint density at radius 3 is 2.70 bits per heavy atom. The summed E-state index contributed by atoms with van der Waals surface area (Å²) in [6.07, 6.45) is 3.61. The molecule has 7 nitrogen and oxygen atoms in total. The van der Waals surface area contributed by atoms with E-state index in [1.165, 1.54) is 16.6 Å². The van der Waals surface area contributed by atoms with Crippen LogP contribution in [0, 0.1) is 0 Å². The summed E-state index contributed by atoms with van der Waals surface area (Å²) in [5, 5.41) is 9.14. The summed E-state index contributed by atoms with van der Waals surface area (Å²) in [4.78, 5) is 11.2. The third-order valence-corrected chi connectivity index (χ3v) is 5.69. The highest BCUT2D eigenvalue weighted by molar-refractivity contribution is 7.89. The summed E-state index contributed by atoms with van der Waals surface area (Å²) in [6.45, 7) is 0.0227. The van der Waals surface area contributed by atoms with Crippen LogP contribution in [0.2, 0.25) is 0 Å². The Morgan fingerprint density at radius 2 is 2.20 bits per heavy atom. The molecular weight excluding hydrogens is 286 g/mol. The Balaban J connectivity index is 1.90. The molecule has 110 valence electrons. The fourth-order valence-corrected chi connectivity index (χ4v) is 4.09. The minimum absolute atomic E-state index is 0.0398. The van der Waals surface area contributed by atoms with E-state index >= 15 is 0 Å². The molecule has 2 aliphatic rings. The van der Waals surface area contributed by atoms with E-state index in [1.807, 2.05) is 0 Å². The molecule has 0 aromatic carbocycles. The first-order valence-electron chi connectivity index (χ1n) is 6.36. The maximum atomic E-state index is 12.5. The first kappa shape index (κ1) is 13.6. The first-order valence-corrected chi connectivity index (χ1v) is 7.80. The number of aliphatic carboxylic acids is 1. The standard InChI is InChI=1S/C12H15NO6S/c14-11(15)10-6-13(8-12(19-10)3-1-4-12)20(16,17)9-2-5-18-7-9/h2,5,7,10H,1,3-4,6,8H2,(H,14,15). The quantitative estimate of drug-likeness (QED) is 0.881. The van der Waals surface area contributed by atoms with E-state index in [-0.39, 0.29) is 18.0 Å². The van der Waals surface area contributed by atoms with Gasteiger partial charge in [-0.1, -0.05) is 0 Å². The zero-order chi connectivity index (χ0) is 14.4. The van der Waals surface area contributed by atoms with Gasteiger partial charge in [0.25, 0.3) is 0 Å². The number of sulfonamides is 1. The molecule has 0 radical (unpaired) electrons. The number of furan rings is 1. The number of nitrogens with zero attached hydrogens (tertiary/aromatic N) is 1.